The predicted molar refractivity (Wildman–Crippen MR) is 145 cm³/mol. The van der Waals surface area contributed by atoms with Crippen LogP contribution in [0.2, 0.25) is 0 Å². The van der Waals surface area contributed by atoms with Crippen molar-refractivity contribution in [2.75, 3.05) is 0 Å². The van der Waals surface area contributed by atoms with E-state index in [1.165, 1.54) is 24.0 Å². The highest BCUT2D eigenvalue weighted by atomic mass is 16.6. The van der Waals surface area contributed by atoms with Crippen LogP contribution in [0.3, 0.4) is 0 Å². The maximum atomic E-state index is 12.8. The zero-order valence-electron chi connectivity index (χ0n) is 21.8. The molecule has 200 valence electrons. The Morgan fingerprint density at radius 3 is 2.05 bits per heavy atom. The number of carbonyl (C=O) groups is 2. The summed E-state index contributed by atoms with van der Waals surface area (Å²) in [4.78, 5) is 23.1. The minimum Gasteiger partial charge on any atom is -0.450 e. The quantitative estimate of drug-likeness (QED) is 0.267. The van der Waals surface area contributed by atoms with Crippen LogP contribution in [0.25, 0.3) is 22.5 Å². The van der Waals surface area contributed by atoms with E-state index in [1.54, 1.807) is 4.90 Å². The maximum Gasteiger partial charge on any atom is 0.503 e. The van der Waals surface area contributed by atoms with Gasteiger partial charge in [0.05, 0.1) is 18.3 Å². The summed E-state index contributed by atoms with van der Waals surface area (Å²) in [6, 6.07) is 27.0. The standard InChI is InChI=1S/C30H28N2O3.CH2O3/c1-19-27(18-32-20(2)28(34-30(32)33)25-6-4-3-5-7-25)29(35-31-19)26-16-14-24(15-17-26)23-12-10-22(11-13-23)21-8-9-21;2-1(3)4/h3-7,10-17,20-21,28H,8-9,18H2,1-2H3;(H2,2,3,4)/t20-,28-;/m1./s1. The van der Waals surface area contributed by atoms with Crippen molar-refractivity contribution >= 4 is 12.2 Å². The zero-order chi connectivity index (χ0) is 27.5. The number of hydrogen-bond donors (Lipinski definition) is 2. The Morgan fingerprint density at radius 2 is 1.46 bits per heavy atom. The molecular formula is C31H30N2O6. The monoisotopic (exact) mass is 526 g/mol. The number of ether oxygens (including phenoxy) is 1. The largest absolute Gasteiger partial charge is 0.503 e. The zero-order valence-corrected chi connectivity index (χ0v) is 21.8. The molecule has 4 aromatic rings. The number of rotatable bonds is 6. The summed E-state index contributed by atoms with van der Waals surface area (Å²) in [5, 5.41) is 18.2. The predicted octanol–water partition coefficient (Wildman–Crippen LogP) is 7.50. The van der Waals surface area contributed by atoms with E-state index >= 15 is 0 Å². The first kappa shape index (κ1) is 26.0. The number of benzene rings is 3. The van der Waals surface area contributed by atoms with Gasteiger partial charge in [-0.2, -0.15) is 0 Å². The summed E-state index contributed by atoms with van der Waals surface area (Å²) in [7, 11) is 0. The molecule has 1 saturated carbocycles. The fourth-order valence-electron chi connectivity index (χ4n) is 4.95. The molecule has 8 nitrogen and oxygen atoms in total. The second kappa shape index (κ2) is 11.0. The van der Waals surface area contributed by atoms with Crippen molar-refractivity contribution in [2.24, 2.45) is 0 Å². The molecule has 2 N–H and O–H groups in total. The summed E-state index contributed by atoms with van der Waals surface area (Å²) >= 11 is 0. The third kappa shape index (κ3) is 5.80. The van der Waals surface area contributed by atoms with Crippen LogP contribution in [-0.4, -0.2) is 38.6 Å². The van der Waals surface area contributed by atoms with Gasteiger partial charge in [0.25, 0.3) is 0 Å². The molecule has 2 aliphatic rings. The van der Waals surface area contributed by atoms with Crippen LogP contribution in [0.1, 0.15) is 54.2 Å². The van der Waals surface area contributed by atoms with Gasteiger partial charge in [0.1, 0.15) is 6.10 Å². The molecule has 6 rings (SSSR count). The van der Waals surface area contributed by atoms with Gasteiger partial charge in [-0.25, -0.2) is 9.59 Å². The van der Waals surface area contributed by atoms with Gasteiger partial charge < -0.3 is 19.5 Å². The molecule has 2 atom stereocenters. The van der Waals surface area contributed by atoms with Gasteiger partial charge in [-0.15, -0.1) is 0 Å². The number of carbonyl (C=O) groups excluding carboxylic acids is 1. The molecular weight excluding hydrogens is 496 g/mol. The minimum atomic E-state index is -1.83. The molecule has 3 aromatic carbocycles. The first-order valence-corrected chi connectivity index (χ1v) is 12.9. The van der Waals surface area contributed by atoms with Gasteiger partial charge in [-0.05, 0) is 54.9 Å². The fourth-order valence-corrected chi connectivity index (χ4v) is 4.95. The average Bonchev–Trinajstić information content (AvgIpc) is 3.67. The van der Waals surface area contributed by atoms with Crippen LogP contribution in [0.5, 0.6) is 0 Å². The maximum absolute atomic E-state index is 12.8. The van der Waals surface area contributed by atoms with Crippen LogP contribution in [0, 0.1) is 6.92 Å². The lowest BCUT2D eigenvalue weighted by Gasteiger charge is -2.21. The number of nitrogens with zero attached hydrogens (tertiary/aromatic N) is 2. The summed E-state index contributed by atoms with van der Waals surface area (Å²) < 4.78 is 11.5. The summed E-state index contributed by atoms with van der Waals surface area (Å²) in [5.41, 5.74) is 7.44. The Kier molecular flexibility index (Phi) is 7.36. The number of carboxylic acid groups (broad SMARTS) is 2. The van der Waals surface area contributed by atoms with E-state index < -0.39 is 6.16 Å². The van der Waals surface area contributed by atoms with Crippen LogP contribution in [-0.2, 0) is 11.3 Å². The van der Waals surface area contributed by atoms with Gasteiger partial charge in [0, 0.05) is 11.1 Å². The topological polar surface area (TPSA) is 113 Å². The molecule has 1 amide bonds. The van der Waals surface area contributed by atoms with Crippen LogP contribution < -0.4 is 0 Å². The van der Waals surface area contributed by atoms with Gasteiger partial charge in [-0.1, -0.05) is 84.0 Å². The Balaban J connectivity index is 0.000000723. The molecule has 0 spiro atoms. The van der Waals surface area contributed by atoms with Crippen molar-refractivity contribution in [3.05, 3.63) is 101 Å². The summed E-state index contributed by atoms with van der Waals surface area (Å²) in [6.07, 6.45) is 0.183. The number of aromatic nitrogens is 1. The van der Waals surface area contributed by atoms with Crippen molar-refractivity contribution in [3.63, 3.8) is 0 Å². The van der Waals surface area contributed by atoms with Crippen LogP contribution in [0.4, 0.5) is 9.59 Å². The van der Waals surface area contributed by atoms with E-state index in [9.17, 15) is 4.79 Å². The van der Waals surface area contributed by atoms with Gasteiger partial charge in [0.15, 0.2) is 5.76 Å². The fraction of sp³-hybridized carbons (Fsp3) is 0.258. The van der Waals surface area contributed by atoms with Gasteiger partial charge >= 0.3 is 12.2 Å². The number of aryl methyl sites for hydroxylation is 1. The average molecular weight is 527 g/mol. The lowest BCUT2D eigenvalue weighted by molar-refractivity contribution is 0.130. The Hall–Kier alpha value is -4.59. The van der Waals surface area contributed by atoms with E-state index in [-0.39, 0.29) is 18.2 Å². The molecule has 0 unspecified atom stereocenters. The lowest BCUT2D eigenvalue weighted by atomic mass is 9.99. The molecule has 39 heavy (non-hydrogen) atoms. The Bertz CT molecular complexity index is 1440. The van der Waals surface area contributed by atoms with E-state index in [4.69, 9.17) is 24.3 Å². The highest BCUT2D eigenvalue weighted by Crippen LogP contribution is 2.41. The molecule has 1 aromatic heterocycles. The summed E-state index contributed by atoms with van der Waals surface area (Å²) in [5.74, 6) is 1.46. The molecule has 2 fully saturated rings. The smallest absolute Gasteiger partial charge is 0.450 e. The highest BCUT2D eigenvalue weighted by molar-refractivity contribution is 5.73. The third-order valence-corrected chi connectivity index (χ3v) is 7.27. The van der Waals surface area contributed by atoms with Crippen molar-refractivity contribution in [1.29, 1.82) is 0 Å². The number of cyclic esters (lactones) is 1. The molecule has 1 aliphatic heterocycles. The first-order chi connectivity index (χ1) is 18.8. The summed E-state index contributed by atoms with van der Waals surface area (Å²) in [6.45, 7) is 4.33. The molecule has 1 aliphatic carbocycles. The molecule has 1 saturated heterocycles. The van der Waals surface area contributed by atoms with Crippen LogP contribution >= 0.6 is 0 Å². The van der Waals surface area contributed by atoms with E-state index in [2.05, 4.69) is 53.7 Å². The van der Waals surface area contributed by atoms with Crippen molar-refractivity contribution in [3.8, 4) is 22.5 Å². The SMILES string of the molecule is Cc1noc(-c2ccc(-c3ccc(C4CC4)cc3)cc2)c1CN1C(=O)O[C@@H](c2ccccc2)[C@H]1C.O=C(O)O. The molecule has 8 heteroatoms. The second-order valence-electron chi connectivity index (χ2n) is 9.92. The number of hydrogen-bond acceptors (Lipinski definition) is 5. The minimum absolute atomic E-state index is 0.104. The van der Waals surface area contributed by atoms with Gasteiger partial charge in [0.2, 0.25) is 0 Å². The number of amides is 1. The van der Waals surface area contributed by atoms with E-state index in [0.29, 0.717) is 12.3 Å². The van der Waals surface area contributed by atoms with Crippen molar-refractivity contribution < 1.29 is 29.1 Å². The van der Waals surface area contributed by atoms with Crippen molar-refractivity contribution in [2.45, 2.75) is 51.3 Å². The first-order valence-electron chi connectivity index (χ1n) is 12.9. The van der Waals surface area contributed by atoms with E-state index in [1.807, 2.05) is 44.2 Å². The third-order valence-electron chi connectivity index (χ3n) is 7.27. The second-order valence-corrected chi connectivity index (χ2v) is 9.92. The highest BCUT2D eigenvalue weighted by Gasteiger charge is 2.40. The molecule has 0 bridgehead atoms. The van der Waals surface area contributed by atoms with Crippen LogP contribution in [0.15, 0.2) is 83.4 Å². The lowest BCUT2D eigenvalue weighted by Crippen LogP contribution is -2.31. The van der Waals surface area contributed by atoms with E-state index in [0.717, 1.165) is 33.9 Å². The Labute approximate surface area is 226 Å². The molecule has 2 heterocycles. The molecule has 0 radical (unpaired) electrons. The van der Waals surface area contributed by atoms with Crippen molar-refractivity contribution in [1.82, 2.24) is 10.1 Å². The Morgan fingerprint density at radius 1 is 0.897 bits per heavy atom. The normalized spacial score (nSPS) is 18.3. The van der Waals surface area contributed by atoms with Gasteiger partial charge in [-0.3, -0.25) is 4.90 Å².